The van der Waals surface area contributed by atoms with Gasteiger partial charge in [-0.1, -0.05) is 54.6 Å². The number of aliphatic hydroxyl groups is 1. The summed E-state index contributed by atoms with van der Waals surface area (Å²) in [5, 5.41) is 9.62. The van der Waals surface area contributed by atoms with E-state index in [-0.39, 0.29) is 6.54 Å². The van der Waals surface area contributed by atoms with E-state index in [1.807, 2.05) is 42.5 Å². The summed E-state index contributed by atoms with van der Waals surface area (Å²) in [5.41, 5.74) is 14.5. The van der Waals surface area contributed by atoms with Gasteiger partial charge in [0.15, 0.2) is 0 Å². The Morgan fingerprint density at radius 1 is 0.889 bits per heavy atom. The van der Waals surface area contributed by atoms with Crippen LogP contribution in [-0.4, -0.2) is 17.8 Å². The molecule has 3 nitrogen and oxygen atoms in total. The molecule has 18 heavy (non-hydrogen) atoms. The van der Waals surface area contributed by atoms with E-state index in [4.69, 9.17) is 11.5 Å². The van der Waals surface area contributed by atoms with Crippen LogP contribution in [0.15, 0.2) is 54.6 Å². The van der Waals surface area contributed by atoms with Gasteiger partial charge >= 0.3 is 0 Å². The summed E-state index contributed by atoms with van der Waals surface area (Å²) in [6.45, 7) is 0.168. The van der Waals surface area contributed by atoms with Gasteiger partial charge in [-0.2, -0.15) is 0 Å². The number of rotatable bonds is 4. The molecule has 3 heteroatoms. The normalized spacial score (nSPS) is 14.2. The van der Waals surface area contributed by atoms with Crippen molar-refractivity contribution in [2.24, 2.45) is 11.5 Å². The van der Waals surface area contributed by atoms with Crippen LogP contribution < -0.4 is 11.5 Å². The van der Waals surface area contributed by atoms with Gasteiger partial charge < -0.3 is 16.6 Å². The SMILES string of the molecule is NCC(O)C(N)c1ccc(-c2ccccc2)cc1. The molecular formula is C15H18N2O. The second kappa shape index (κ2) is 5.78. The van der Waals surface area contributed by atoms with Crippen LogP contribution in [0.5, 0.6) is 0 Å². The molecule has 0 saturated heterocycles. The van der Waals surface area contributed by atoms with E-state index in [0.29, 0.717) is 0 Å². The first-order valence-electron chi connectivity index (χ1n) is 6.01. The Hall–Kier alpha value is -1.68. The minimum atomic E-state index is -0.701. The van der Waals surface area contributed by atoms with Crippen molar-refractivity contribution >= 4 is 0 Å². The summed E-state index contributed by atoms with van der Waals surface area (Å²) in [4.78, 5) is 0. The first kappa shape index (κ1) is 12.8. The quantitative estimate of drug-likeness (QED) is 0.763. The first-order chi connectivity index (χ1) is 8.72. The molecule has 2 atom stereocenters. The Kier molecular flexibility index (Phi) is 4.10. The number of aliphatic hydroxyl groups excluding tert-OH is 1. The Bertz CT molecular complexity index is 482. The number of hydrogen-bond acceptors (Lipinski definition) is 3. The number of hydrogen-bond donors (Lipinski definition) is 3. The molecule has 94 valence electrons. The van der Waals surface area contributed by atoms with Crippen LogP contribution >= 0.6 is 0 Å². The third kappa shape index (κ3) is 2.76. The first-order valence-corrected chi connectivity index (χ1v) is 6.01. The van der Waals surface area contributed by atoms with E-state index in [1.165, 1.54) is 0 Å². The summed E-state index contributed by atoms with van der Waals surface area (Å²) in [5.74, 6) is 0. The predicted molar refractivity (Wildman–Crippen MR) is 73.9 cm³/mol. The van der Waals surface area contributed by atoms with Gasteiger partial charge in [-0.15, -0.1) is 0 Å². The minimum Gasteiger partial charge on any atom is -0.390 e. The lowest BCUT2D eigenvalue weighted by molar-refractivity contribution is 0.153. The van der Waals surface area contributed by atoms with Gasteiger partial charge in [0, 0.05) is 6.54 Å². The third-order valence-electron chi connectivity index (χ3n) is 3.06. The largest absolute Gasteiger partial charge is 0.390 e. The van der Waals surface area contributed by atoms with E-state index < -0.39 is 12.1 Å². The molecule has 2 rings (SSSR count). The van der Waals surface area contributed by atoms with Crippen LogP contribution in [0.4, 0.5) is 0 Å². The van der Waals surface area contributed by atoms with Gasteiger partial charge in [-0.3, -0.25) is 0 Å². The standard InChI is InChI=1S/C15H18N2O/c16-10-14(18)15(17)13-8-6-12(7-9-13)11-4-2-1-3-5-11/h1-9,14-15,18H,10,16-17H2. The summed E-state index contributed by atoms with van der Waals surface area (Å²) in [6.07, 6.45) is -0.701. The monoisotopic (exact) mass is 242 g/mol. The molecule has 0 amide bonds. The fourth-order valence-electron chi connectivity index (χ4n) is 1.90. The third-order valence-corrected chi connectivity index (χ3v) is 3.06. The molecule has 0 aliphatic heterocycles. The molecule has 2 aromatic carbocycles. The maximum Gasteiger partial charge on any atom is 0.0854 e. The maximum atomic E-state index is 9.62. The van der Waals surface area contributed by atoms with E-state index in [1.54, 1.807) is 0 Å². The maximum absolute atomic E-state index is 9.62. The highest BCUT2D eigenvalue weighted by Gasteiger charge is 2.14. The molecular weight excluding hydrogens is 224 g/mol. The lowest BCUT2D eigenvalue weighted by Crippen LogP contribution is -2.32. The van der Waals surface area contributed by atoms with Gasteiger partial charge in [0.05, 0.1) is 12.1 Å². The predicted octanol–water partition coefficient (Wildman–Crippen LogP) is 1.67. The molecule has 5 N–H and O–H groups in total. The fourth-order valence-corrected chi connectivity index (χ4v) is 1.90. The highest BCUT2D eigenvalue weighted by atomic mass is 16.3. The van der Waals surface area contributed by atoms with Crippen LogP contribution in [0.2, 0.25) is 0 Å². The van der Waals surface area contributed by atoms with Crippen molar-refractivity contribution in [2.45, 2.75) is 12.1 Å². The van der Waals surface area contributed by atoms with Crippen LogP contribution in [0.1, 0.15) is 11.6 Å². The minimum absolute atomic E-state index is 0.168. The second-order valence-electron chi connectivity index (χ2n) is 4.32. The number of benzene rings is 2. The second-order valence-corrected chi connectivity index (χ2v) is 4.32. The van der Waals surface area contributed by atoms with Crippen LogP contribution in [0.25, 0.3) is 11.1 Å². The Labute approximate surface area is 107 Å². The van der Waals surface area contributed by atoms with Crippen molar-refractivity contribution in [3.63, 3.8) is 0 Å². The summed E-state index contributed by atoms with van der Waals surface area (Å²) in [7, 11) is 0. The lowest BCUT2D eigenvalue weighted by atomic mass is 9.98. The van der Waals surface area contributed by atoms with E-state index in [0.717, 1.165) is 16.7 Å². The Morgan fingerprint density at radius 3 is 2.00 bits per heavy atom. The Morgan fingerprint density at radius 2 is 1.44 bits per heavy atom. The van der Waals surface area contributed by atoms with Crippen molar-refractivity contribution in [1.29, 1.82) is 0 Å². The smallest absolute Gasteiger partial charge is 0.0854 e. The van der Waals surface area contributed by atoms with E-state index in [9.17, 15) is 5.11 Å². The van der Waals surface area contributed by atoms with Crippen LogP contribution in [0, 0.1) is 0 Å². The van der Waals surface area contributed by atoms with Gasteiger partial charge in [-0.25, -0.2) is 0 Å². The van der Waals surface area contributed by atoms with Gasteiger partial charge in [-0.05, 0) is 16.7 Å². The van der Waals surface area contributed by atoms with Crippen molar-refractivity contribution in [2.75, 3.05) is 6.54 Å². The molecule has 0 aliphatic carbocycles. The molecule has 2 aromatic rings. The van der Waals surface area contributed by atoms with Gasteiger partial charge in [0.25, 0.3) is 0 Å². The molecule has 0 fully saturated rings. The molecule has 0 heterocycles. The molecule has 0 aliphatic rings. The highest BCUT2D eigenvalue weighted by molar-refractivity contribution is 5.63. The zero-order valence-electron chi connectivity index (χ0n) is 10.2. The molecule has 0 bridgehead atoms. The summed E-state index contributed by atoms with van der Waals surface area (Å²) in [6, 6.07) is 17.6. The average Bonchev–Trinajstić information content (AvgIpc) is 2.47. The average molecular weight is 242 g/mol. The van der Waals surface area contributed by atoms with Gasteiger partial charge in [0.1, 0.15) is 0 Å². The summed E-state index contributed by atoms with van der Waals surface area (Å²) >= 11 is 0. The van der Waals surface area contributed by atoms with Crippen molar-refractivity contribution in [1.82, 2.24) is 0 Å². The Balaban J connectivity index is 2.20. The molecule has 0 saturated carbocycles. The lowest BCUT2D eigenvalue weighted by Gasteiger charge is -2.17. The molecule has 2 unspecified atom stereocenters. The molecule has 0 aromatic heterocycles. The van der Waals surface area contributed by atoms with Crippen molar-refractivity contribution in [3.05, 3.63) is 60.2 Å². The molecule has 0 spiro atoms. The van der Waals surface area contributed by atoms with Crippen LogP contribution in [-0.2, 0) is 0 Å². The fraction of sp³-hybridized carbons (Fsp3) is 0.200. The van der Waals surface area contributed by atoms with E-state index >= 15 is 0 Å². The van der Waals surface area contributed by atoms with Gasteiger partial charge in [0.2, 0.25) is 0 Å². The molecule has 0 radical (unpaired) electrons. The topological polar surface area (TPSA) is 72.3 Å². The zero-order chi connectivity index (χ0) is 13.0. The number of nitrogens with two attached hydrogens (primary N) is 2. The highest BCUT2D eigenvalue weighted by Crippen LogP contribution is 2.22. The van der Waals surface area contributed by atoms with Crippen molar-refractivity contribution < 1.29 is 5.11 Å². The van der Waals surface area contributed by atoms with E-state index in [2.05, 4.69) is 12.1 Å². The zero-order valence-corrected chi connectivity index (χ0v) is 10.2. The van der Waals surface area contributed by atoms with Crippen molar-refractivity contribution in [3.8, 4) is 11.1 Å². The summed E-state index contributed by atoms with van der Waals surface area (Å²) < 4.78 is 0. The van der Waals surface area contributed by atoms with Crippen LogP contribution in [0.3, 0.4) is 0 Å².